The summed E-state index contributed by atoms with van der Waals surface area (Å²) in [6, 6.07) is 23.1. The molecule has 0 spiro atoms. The molecule has 6 heteroatoms. The predicted octanol–water partition coefficient (Wildman–Crippen LogP) is 4.13. The zero-order chi connectivity index (χ0) is 19.3. The fraction of sp³-hybridized carbons (Fsp3) is 0. The topological polar surface area (TPSA) is 84.0 Å². The first kappa shape index (κ1) is 17.4. The minimum atomic E-state index is -0.307. The summed E-state index contributed by atoms with van der Waals surface area (Å²) in [7, 11) is 0. The first-order valence-electron chi connectivity index (χ1n) is 8.69. The Morgan fingerprint density at radius 3 is 2.29 bits per heavy atom. The smallest absolute Gasteiger partial charge is 0.274 e. The average molecular weight is 368 g/mol. The number of hydrogen-bond donors (Lipinski definition) is 2. The summed E-state index contributed by atoms with van der Waals surface area (Å²) < 4.78 is 0. The maximum atomic E-state index is 12.5. The number of fused-ring (bicyclic) bond motifs is 1. The van der Waals surface area contributed by atoms with Gasteiger partial charge in [-0.15, -0.1) is 0 Å². The predicted molar refractivity (Wildman–Crippen MR) is 108 cm³/mol. The Morgan fingerprint density at radius 1 is 0.714 bits per heavy atom. The maximum absolute atomic E-state index is 12.5. The molecule has 2 amide bonds. The highest BCUT2D eigenvalue weighted by Crippen LogP contribution is 2.16. The molecule has 2 aromatic carbocycles. The van der Waals surface area contributed by atoms with Gasteiger partial charge < -0.3 is 10.6 Å². The van der Waals surface area contributed by atoms with Gasteiger partial charge in [0.1, 0.15) is 11.5 Å². The molecule has 0 bridgehead atoms. The average Bonchev–Trinajstić information content (AvgIpc) is 2.75. The van der Waals surface area contributed by atoms with Crippen LogP contribution in [0.15, 0.2) is 85.1 Å². The van der Waals surface area contributed by atoms with Crippen LogP contribution in [0.25, 0.3) is 10.9 Å². The molecule has 0 aliphatic heterocycles. The van der Waals surface area contributed by atoms with Crippen LogP contribution < -0.4 is 10.6 Å². The third-order valence-electron chi connectivity index (χ3n) is 4.14. The number of amides is 2. The van der Waals surface area contributed by atoms with Crippen molar-refractivity contribution in [1.29, 1.82) is 0 Å². The van der Waals surface area contributed by atoms with Gasteiger partial charge in [-0.05, 0) is 54.6 Å². The van der Waals surface area contributed by atoms with Gasteiger partial charge in [-0.3, -0.25) is 14.6 Å². The van der Waals surface area contributed by atoms with E-state index >= 15 is 0 Å². The van der Waals surface area contributed by atoms with Crippen LogP contribution in [0.4, 0.5) is 11.5 Å². The minimum absolute atomic E-state index is 0.273. The molecule has 2 aromatic heterocycles. The fourth-order valence-electron chi connectivity index (χ4n) is 2.72. The first-order valence-corrected chi connectivity index (χ1v) is 8.69. The van der Waals surface area contributed by atoms with Gasteiger partial charge in [0.05, 0.1) is 5.52 Å². The zero-order valence-corrected chi connectivity index (χ0v) is 14.8. The van der Waals surface area contributed by atoms with Crippen LogP contribution in [0.2, 0.25) is 0 Å². The van der Waals surface area contributed by atoms with Crippen molar-refractivity contribution >= 4 is 34.2 Å². The summed E-state index contributed by atoms with van der Waals surface area (Å²) in [5.41, 5.74) is 2.18. The third kappa shape index (κ3) is 3.86. The van der Waals surface area contributed by atoms with E-state index in [0.717, 1.165) is 10.9 Å². The summed E-state index contributed by atoms with van der Waals surface area (Å²) in [6.45, 7) is 0. The van der Waals surface area contributed by atoms with Crippen molar-refractivity contribution < 1.29 is 9.59 Å². The number of pyridine rings is 2. The number of carbonyl (C=O) groups excluding carboxylic acids is 2. The van der Waals surface area contributed by atoms with Gasteiger partial charge in [0.2, 0.25) is 0 Å². The molecule has 0 saturated heterocycles. The number of carbonyl (C=O) groups is 2. The lowest BCUT2D eigenvalue weighted by Gasteiger charge is -2.08. The van der Waals surface area contributed by atoms with Crippen molar-refractivity contribution in [3.8, 4) is 0 Å². The SMILES string of the molecule is O=C(Nc1ccc2ccccc2n1)c1ccc(NC(=O)c2ccccn2)cc1. The normalized spacial score (nSPS) is 10.4. The molecule has 0 saturated carbocycles. The van der Waals surface area contributed by atoms with Gasteiger partial charge in [0.25, 0.3) is 11.8 Å². The Labute approximate surface area is 161 Å². The number of para-hydroxylation sites is 1. The van der Waals surface area contributed by atoms with E-state index in [4.69, 9.17) is 0 Å². The van der Waals surface area contributed by atoms with Crippen molar-refractivity contribution in [3.05, 3.63) is 96.3 Å². The standard InChI is InChI=1S/C22H16N4O2/c27-21(26-20-13-10-15-5-1-2-6-18(15)25-20)16-8-11-17(12-9-16)24-22(28)19-7-3-4-14-23-19/h1-14H,(H,24,28)(H,25,26,27). The lowest BCUT2D eigenvalue weighted by Crippen LogP contribution is -2.15. The second-order valence-corrected chi connectivity index (χ2v) is 6.09. The van der Waals surface area contributed by atoms with E-state index in [9.17, 15) is 9.59 Å². The van der Waals surface area contributed by atoms with Crippen LogP contribution in [0.3, 0.4) is 0 Å². The lowest BCUT2D eigenvalue weighted by molar-refractivity contribution is 0.101. The van der Waals surface area contributed by atoms with Gasteiger partial charge in [0, 0.05) is 22.8 Å². The quantitative estimate of drug-likeness (QED) is 0.567. The first-order chi connectivity index (χ1) is 13.7. The number of nitrogens with one attached hydrogen (secondary N) is 2. The fourth-order valence-corrected chi connectivity index (χ4v) is 2.72. The van der Waals surface area contributed by atoms with E-state index in [0.29, 0.717) is 22.8 Å². The molecular formula is C22H16N4O2. The molecule has 0 fully saturated rings. The highest BCUT2D eigenvalue weighted by atomic mass is 16.2. The van der Waals surface area contributed by atoms with E-state index < -0.39 is 0 Å². The summed E-state index contributed by atoms with van der Waals surface area (Å²) >= 11 is 0. The Kier molecular flexibility index (Phi) is 4.76. The summed E-state index contributed by atoms with van der Waals surface area (Å²) in [5, 5.41) is 6.55. The number of anilines is 2. The largest absolute Gasteiger partial charge is 0.321 e. The number of benzene rings is 2. The summed E-state index contributed by atoms with van der Waals surface area (Å²) in [4.78, 5) is 33.0. The highest BCUT2D eigenvalue weighted by molar-refractivity contribution is 6.05. The lowest BCUT2D eigenvalue weighted by atomic mass is 10.2. The number of nitrogens with zero attached hydrogens (tertiary/aromatic N) is 2. The molecular weight excluding hydrogens is 352 g/mol. The van der Waals surface area contributed by atoms with Crippen molar-refractivity contribution in [2.45, 2.75) is 0 Å². The van der Waals surface area contributed by atoms with E-state index in [1.165, 1.54) is 0 Å². The Morgan fingerprint density at radius 2 is 1.50 bits per heavy atom. The molecule has 4 aromatic rings. The third-order valence-corrected chi connectivity index (χ3v) is 4.14. The van der Waals surface area contributed by atoms with Crippen molar-refractivity contribution in [1.82, 2.24) is 9.97 Å². The van der Waals surface area contributed by atoms with E-state index in [-0.39, 0.29) is 11.8 Å². The molecule has 4 rings (SSSR count). The molecule has 136 valence electrons. The van der Waals surface area contributed by atoms with Crippen molar-refractivity contribution in [2.24, 2.45) is 0 Å². The summed E-state index contributed by atoms with van der Waals surface area (Å²) in [5.74, 6) is -0.0974. The minimum Gasteiger partial charge on any atom is -0.321 e. The van der Waals surface area contributed by atoms with Gasteiger partial charge in [0.15, 0.2) is 0 Å². The number of aromatic nitrogens is 2. The molecule has 0 radical (unpaired) electrons. The van der Waals surface area contributed by atoms with Crippen LogP contribution in [0.1, 0.15) is 20.8 Å². The highest BCUT2D eigenvalue weighted by Gasteiger charge is 2.10. The molecule has 6 nitrogen and oxygen atoms in total. The molecule has 2 N–H and O–H groups in total. The molecule has 0 atom stereocenters. The van der Waals surface area contributed by atoms with Crippen molar-refractivity contribution in [3.63, 3.8) is 0 Å². The molecule has 0 unspecified atom stereocenters. The second kappa shape index (κ2) is 7.67. The van der Waals surface area contributed by atoms with E-state index in [1.54, 1.807) is 54.7 Å². The van der Waals surface area contributed by atoms with E-state index in [1.807, 2.05) is 30.3 Å². The Hall–Kier alpha value is -4.06. The Balaban J connectivity index is 1.44. The van der Waals surface area contributed by atoms with Crippen molar-refractivity contribution in [2.75, 3.05) is 10.6 Å². The molecule has 0 aliphatic carbocycles. The van der Waals surface area contributed by atoms with Crippen LogP contribution >= 0.6 is 0 Å². The zero-order valence-electron chi connectivity index (χ0n) is 14.8. The van der Waals surface area contributed by atoms with Crippen LogP contribution in [0.5, 0.6) is 0 Å². The van der Waals surface area contributed by atoms with Crippen LogP contribution in [0, 0.1) is 0 Å². The van der Waals surface area contributed by atoms with Gasteiger partial charge >= 0.3 is 0 Å². The van der Waals surface area contributed by atoms with Gasteiger partial charge in [-0.1, -0.05) is 24.3 Å². The molecule has 2 heterocycles. The Bertz CT molecular complexity index is 1140. The van der Waals surface area contributed by atoms with Crippen LogP contribution in [-0.2, 0) is 0 Å². The maximum Gasteiger partial charge on any atom is 0.274 e. The van der Waals surface area contributed by atoms with Crippen LogP contribution in [-0.4, -0.2) is 21.8 Å². The monoisotopic (exact) mass is 368 g/mol. The second-order valence-electron chi connectivity index (χ2n) is 6.09. The number of hydrogen-bond acceptors (Lipinski definition) is 4. The van der Waals surface area contributed by atoms with Gasteiger partial charge in [-0.25, -0.2) is 4.98 Å². The number of rotatable bonds is 4. The van der Waals surface area contributed by atoms with E-state index in [2.05, 4.69) is 20.6 Å². The molecule has 28 heavy (non-hydrogen) atoms. The van der Waals surface area contributed by atoms with Gasteiger partial charge in [-0.2, -0.15) is 0 Å². The summed E-state index contributed by atoms with van der Waals surface area (Å²) in [6.07, 6.45) is 1.56. The molecule has 0 aliphatic rings.